The van der Waals surface area contributed by atoms with E-state index in [4.69, 9.17) is 4.74 Å². The maximum Gasteiger partial charge on any atom is 0.415 e. The van der Waals surface area contributed by atoms with E-state index in [9.17, 15) is 13.2 Å². The van der Waals surface area contributed by atoms with Crippen LogP contribution in [0.3, 0.4) is 0 Å². The van der Waals surface area contributed by atoms with E-state index >= 15 is 0 Å². The maximum absolute atomic E-state index is 12.7. The standard InChI is InChI=1S/C23H33N5O4S/c1-17-5-7-20(8-6-17)33(30,31)27-26-21(18-9-12-24-13-10-18)15-19-11-14-28(16-25-19)22(29)32-23(2,3)4/h5-8,11,14,18,24,27H,9-10,12-13,15-16H2,1-4H3. The molecule has 33 heavy (non-hydrogen) atoms. The molecule has 0 saturated carbocycles. The van der Waals surface area contributed by atoms with Crippen molar-refractivity contribution >= 4 is 27.5 Å². The number of hydrogen-bond donors (Lipinski definition) is 2. The van der Waals surface area contributed by atoms with Gasteiger partial charge >= 0.3 is 6.09 Å². The summed E-state index contributed by atoms with van der Waals surface area (Å²) in [5.74, 6) is 0.145. The van der Waals surface area contributed by atoms with E-state index in [2.05, 4.69) is 20.2 Å². The van der Waals surface area contributed by atoms with Gasteiger partial charge in [0.2, 0.25) is 0 Å². The summed E-state index contributed by atoms with van der Waals surface area (Å²) in [6.45, 7) is 9.19. The quantitative estimate of drug-likeness (QED) is 0.485. The molecular formula is C23H33N5O4S. The van der Waals surface area contributed by atoms with E-state index in [0.29, 0.717) is 6.42 Å². The van der Waals surface area contributed by atoms with Crippen molar-refractivity contribution in [1.82, 2.24) is 15.0 Å². The van der Waals surface area contributed by atoms with Gasteiger partial charge in [0, 0.05) is 30.0 Å². The van der Waals surface area contributed by atoms with E-state index in [0.717, 1.165) is 42.9 Å². The number of hydrazone groups is 1. The van der Waals surface area contributed by atoms with Gasteiger partial charge in [0.05, 0.1) is 4.90 Å². The highest BCUT2D eigenvalue weighted by Crippen LogP contribution is 2.19. The molecule has 0 radical (unpaired) electrons. The van der Waals surface area contributed by atoms with Crippen LogP contribution in [0, 0.1) is 12.8 Å². The second-order valence-corrected chi connectivity index (χ2v) is 10.9. The number of nitrogens with zero attached hydrogens (tertiary/aromatic N) is 3. The zero-order valence-corrected chi connectivity index (χ0v) is 20.5. The SMILES string of the molecule is Cc1ccc(S(=O)(=O)NN=C(CC2=NCN(C(=O)OC(C)(C)C)C=C2)C2CCNCC2)cc1. The minimum absolute atomic E-state index is 0.145. The number of piperidine rings is 1. The third kappa shape index (κ3) is 7.40. The molecule has 180 valence electrons. The fourth-order valence-electron chi connectivity index (χ4n) is 3.50. The molecule has 1 aromatic carbocycles. The van der Waals surface area contributed by atoms with E-state index in [1.165, 1.54) is 4.90 Å². The summed E-state index contributed by atoms with van der Waals surface area (Å²) in [4.78, 5) is 20.7. The van der Waals surface area contributed by atoms with Crippen LogP contribution in [0.4, 0.5) is 4.79 Å². The first-order valence-corrected chi connectivity index (χ1v) is 12.6. The van der Waals surface area contributed by atoms with Gasteiger partial charge in [0.25, 0.3) is 10.0 Å². The monoisotopic (exact) mass is 475 g/mol. The Morgan fingerprint density at radius 2 is 1.91 bits per heavy atom. The van der Waals surface area contributed by atoms with Gasteiger partial charge in [-0.25, -0.2) is 9.63 Å². The minimum Gasteiger partial charge on any atom is -0.443 e. The highest BCUT2D eigenvalue weighted by atomic mass is 32.2. The zero-order valence-electron chi connectivity index (χ0n) is 19.7. The average molecular weight is 476 g/mol. The number of sulfonamides is 1. The Balaban J connectivity index is 1.72. The smallest absolute Gasteiger partial charge is 0.415 e. The van der Waals surface area contributed by atoms with Crippen molar-refractivity contribution in [2.75, 3.05) is 19.8 Å². The number of aliphatic imine (C=N–C) groups is 1. The van der Waals surface area contributed by atoms with E-state index in [1.807, 2.05) is 27.7 Å². The molecule has 1 fully saturated rings. The second kappa shape index (κ2) is 10.5. The summed E-state index contributed by atoms with van der Waals surface area (Å²) < 4.78 is 30.8. The first-order valence-electron chi connectivity index (χ1n) is 11.1. The third-order valence-corrected chi connectivity index (χ3v) is 6.54. The molecule has 0 unspecified atom stereocenters. The molecule has 1 amide bonds. The van der Waals surface area contributed by atoms with Crippen molar-refractivity contribution in [2.45, 2.75) is 57.5 Å². The molecule has 2 aliphatic rings. The molecular weight excluding hydrogens is 442 g/mol. The molecule has 0 aliphatic carbocycles. The lowest BCUT2D eigenvalue weighted by Gasteiger charge is -2.27. The third-order valence-electron chi connectivity index (χ3n) is 5.31. The number of amides is 1. The topological polar surface area (TPSA) is 112 Å². The normalized spacial score (nSPS) is 18.1. The number of ether oxygens (including phenoxy) is 1. The zero-order chi connectivity index (χ0) is 24.1. The van der Waals surface area contributed by atoms with Gasteiger partial charge in [-0.05, 0) is 71.8 Å². The van der Waals surface area contributed by atoms with Gasteiger partial charge in [-0.2, -0.15) is 13.5 Å². The second-order valence-electron chi connectivity index (χ2n) is 9.27. The Morgan fingerprint density at radius 3 is 2.48 bits per heavy atom. The van der Waals surface area contributed by atoms with Gasteiger partial charge in [-0.15, -0.1) is 0 Å². The first-order chi connectivity index (χ1) is 15.5. The molecule has 3 rings (SSSR count). The lowest BCUT2D eigenvalue weighted by Crippen LogP contribution is -2.36. The number of allylic oxidation sites excluding steroid dienone is 1. The van der Waals surface area contributed by atoms with Crippen molar-refractivity contribution in [2.24, 2.45) is 16.0 Å². The van der Waals surface area contributed by atoms with Crippen molar-refractivity contribution in [1.29, 1.82) is 0 Å². The molecule has 2 N–H and O–H groups in total. The Kier molecular flexibility index (Phi) is 7.91. The van der Waals surface area contributed by atoms with Gasteiger partial charge in [-0.1, -0.05) is 17.7 Å². The van der Waals surface area contributed by atoms with Crippen LogP contribution in [0.15, 0.2) is 51.5 Å². The number of rotatable bonds is 6. The van der Waals surface area contributed by atoms with Crippen molar-refractivity contribution in [3.05, 3.63) is 42.1 Å². The molecule has 1 saturated heterocycles. The van der Waals surface area contributed by atoms with Crippen LogP contribution in [-0.4, -0.2) is 56.2 Å². The van der Waals surface area contributed by atoms with E-state index in [-0.39, 0.29) is 17.5 Å². The van der Waals surface area contributed by atoms with E-state index in [1.54, 1.807) is 36.5 Å². The summed E-state index contributed by atoms with van der Waals surface area (Å²) in [5, 5.41) is 7.66. The summed E-state index contributed by atoms with van der Waals surface area (Å²) in [6, 6.07) is 6.64. The molecule has 2 heterocycles. The van der Waals surface area contributed by atoms with Crippen LogP contribution in [0.25, 0.3) is 0 Å². The summed E-state index contributed by atoms with van der Waals surface area (Å²) in [7, 11) is -3.77. The fraction of sp³-hybridized carbons (Fsp3) is 0.522. The molecule has 9 nitrogen and oxygen atoms in total. The Hall–Kier alpha value is -2.72. The average Bonchev–Trinajstić information content (AvgIpc) is 2.77. The van der Waals surface area contributed by atoms with Crippen molar-refractivity contribution in [3.8, 4) is 0 Å². The number of nitrogens with one attached hydrogen (secondary N) is 2. The van der Waals surface area contributed by atoms with Gasteiger partial charge in [0.1, 0.15) is 12.3 Å². The van der Waals surface area contributed by atoms with Crippen LogP contribution in [0.5, 0.6) is 0 Å². The molecule has 1 aromatic rings. The van der Waals surface area contributed by atoms with Crippen molar-refractivity contribution < 1.29 is 17.9 Å². The number of benzene rings is 1. The predicted octanol–water partition coefficient (Wildman–Crippen LogP) is 3.18. The first kappa shape index (κ1) is 24.9. The number of carbonyl (C=O) groups excluding carboxylic acids is 1. The van der Waals surface area contributed by atoms with Crippen LogP contribution in [0.1, 0.15) is 45.6 Å². The Bertz CT molecular complexity index is 1030. The molecule has 0 atom stereocenters. The number of hydrogen-bond acceptors (Lipinski definition) is 7. The van der Waals surface area contributed by atoms with Crippen molar-refractivity contribution in [3.63, 3.8) is 0 Å². The largest absolute Gasteiger partial charge is 0.443 e. The predicted molar refractivity (Wildman–Crippen MR) is 129 cm³/mol. The van der Waals surface area contributed by atoms with Gasteiger partial charge < -0.3 is 10.1 Å². The van der Waals surface area contributed by atoms with Crippen LogP contribution in [0.2, 0.25) is 0 Å². The van der Waals surface area contributed by atoms with Crippen LogP contribution < -0.4 is 10.1 Å². The minimum atomic E-state index is -3.77. The Morgan fingerprint density at radius 1 is 1.24 bits per heavy atom. The molecule has 0 bridgehead atoms. The summed E-state index contributed by atoms with van der Waals surface area (Å²) >= 11 is 0. The molecule has 0 aromatic heterocycles. The summed E-state index contributed by atoms with van der Waals surface area (Å²) in [6.07, 6.45) is 5.07. The molecule has 10 heteroatoms. The van der Waals surface area contributed by atoms with Crippen LogP contribution >= 0.6 is 0 Å². The molecule has 0 spiro atoms. The maximum atomic E-state index is 12.7. The highest BCUT2D eigenvalue weighted by Gasteiger charge is 2.25. The lowest BCUT2D eigenvalue weighted by molar-refractivity contribution is 0.0338. The number of aryl methyl sites for hydroxylation is 1. The van der Waals surface area contributed by atoms with Gasteiger partial charge in [-0.3, -0.25) is 9.89 Å². The van der Waals surface area contributed by atoms with Gasteiger partial charge in [0.15, 0.2) is 0 Å². The lowest BCUT2D eigenvalue weighted by atomic mass is 9.90. The fourth-order valence-corrected chi connectivity index (χ4v) is 4.34. The summed E-state index contributed by atoms with van der Waals surface area (Å²) in [5.41, 5.74) is 1.87. The Labute approximate surface area is 196 Å². The highest BCUT2D eigenvalue weighted by molar-refractivity contribution is 7.89. The van der Waals surface area contributed by atoms with E-state index < -0.39 is 21.7 Å². The van der Waals surface area contributed by atoms with Crippen LogP contribution in [-0.2, 0) is 14.8 Å². The number of carbonyl (C=O) groups is 1. The molecule has 2 aliphatic heterocycles.